The highest BCUT2D eigenvalue weighted by molar-refractivity contribution is 5.78. The molecule has 2 rings (SSSR count). The Balaban J connectivity index is 1.90. The molecule has 1 aliphatic heterocycles. The minimum atomic E-state index is 0.106. The van der Waals surface area contributed by atoms with Crippen molar-refractivity contribution in [2.24, 2.45) is 5.92 Å². The highest BCUT2D eigenvalue weighted by atomic mass is 16.2. The molecule has 87 valence electrons. The third-order valence-electron chi connectivity index (χ3n) is 3.12. The summed E-state index contributed by atoms with van der Waals surface area (Å²) < 4.78 is 1.96. The number of hydrogen-bond donors (Lipinski definition) is 0. The van der Waals surface area contributed by atoms with Crippen LogP contribution in [0.4, 0.5) is 0 Å². The molecular formula is C12H18N3O. The first-order valence-corrected chi connectivity index (χ1v) is 5.87. The molecule has 2 heterocycles. The second kappa shape index (κ2) is 4.68. The van der Waals surface area contributed by atoms with Crippen LogP contribution in [-0.4, -0.2) is 33.7 Å². The summed E-state index contributed by atoms with van der Waals surface area (Å²) in [6, 6.07) is 3.38. The zero-order valence-corrected chi connectivity index (χ0v) is 9.89. The number of carbonyl (C=O) groups excluding carboxylic acids is 1. The zero-order chi connectivity index (χ0) is 11.5. The molecule has 1 amide bonds. The molecule has 4 nitrogen and oxygen atoms in total. The van der Waals surface area contributed by atoms with Gasteiger partial charge in [-0.2, -0.15) is 5.10 Å². The summed E-state index contributed by atoms with van der Waals surface area (Å²) in [4.78, 5) is 13.8. The van der Waals surface area contributed by atoms with Crippen LogP contribution in [0.1, 0.15) is 32.7 Å². The van der Waals surface area contributed by atoms with Gasteiger partial charge in [0.1, 0.15) is 0 Å². The van der Waals surface area contributed by atoms with Gasteiger partial charge in [0.25, 0.3) is 0 Å². The van der Waals surface area contributed by atoms with Gasteiger partial charge in [0.05, 0.1) is 12.2 Å². The van der Waals surface area contributed by atoms with Gasteiger partial charge in [0, 0.05) is 31.3 Å². The highest BCUT2D eigenvalue weighted by Gasteiger charge is 2.24. The Morgan fingerprint density at radius 2 is 2.12 bits per heavy atom. The molecule has 0 unspecified atom stereocenters. The lowest BCUT2D eigenvalue weighted by atomic mass is 10.0. The normalized spacial score (nSPS) is 18.1. The molecule has 0 atom stereocenters. The number of piperidine rings is 1. The van der Waals surface area contributed by atoms with Crippen LogP contribution in [0.5, 0.6) is 0 Å². The van der Waals surface area contributed by atoms with Crippen LogP contribution >= 0.6 is 0 Å². The summed E-state index contributed by atoms with van der Waals surface area (Å²) in [5.74, 6) is 0.375. The summed E-state index contributed by atoms with van der Waals surface area (Å²) in [6.45, 7) is 5.61. The van der Waals surface area contributed by atoms with Crippen molar-refractivity contribution < 1.29 is 4.79 Å². The molecule has 1 saturated heterocycles. The Morgan fingerprint density at radius 1 is 1.44 bits per heavy atom. The Kier molecular flexibility index (Phi) is 3.27. The molecule has 1 aromatic rings. The van der Waals surface area contributed by atoms with Crippen LogP contribution < -0.4 is 0 Å². The lowest BCUT2D eigenvalue weighted by Gasteiger charge is -2.33. The van der Waals surface area contributed by atoms with Crippen LogP contribution in [0.3, 0.4) is 0 Å². The molecule has 0 spiro atoms. The van der Waals surface area contributed by atoms with Crippen molar-refractivity contribution in [1.82, 2.24) is 14.7 Å². The fourth-order valence-electron chi connectivity index (χ4n) is 2.16. The number of rotatable bonds is 2. The summed E-state index contributed by atoms with van der Waals surface area (Å²) in [5, 5.41) is 4.20. The molecule has 0 saturated carbocycles. The maximum absolute atomic E-state index is 11.8. The topological polar surface area (TPSA) is 38.1 Å². The van der Waals surface area contributed by atoms with Crippen LogP contribution in [0, 0.1) is 12.0 Å². The maximum Gasteiger partial charge on any atom is 0.225 e. The van der Waals surface area contributed by atoms with Gasteiger partial charge in [-0.3, -0.25) is 9.48 Å². The van der Waals surface area contributed by atoms with Crippen molar-refractivity contribution in [2.75, 3.05) is 13.1 Å². The standard InChI is InChI=1S/C12H18N3O/c1-10(2)12(16)14-8-4-11(5-9-14)15-7-3-6-13-15/h6-7,10-11H,4-5,8-9H2,1-2H3. The predicted octanol–water partition coefficient (Wildman–Crippen LogP) is 1.50. The molecular weight excluding hydrogens is 202 g/mol. The monoisotopic (exact) mass is 220 g/mol. The lowest BCUT2D eigenvalue weighted by Crippen LogP contribution is -2.41. The van der Waals surface area contributed by atoms with Gasteiger partial charge >= 0.3 is 0 Å². The van der Waals surface area contributed by atoms with Gasteiger partial charge < -0.3 is 4.90 Å². The van der Waals surface area contributed by atoms with E-state index < -0.39 is 0 Å². The van der Waals surface area contributed by atoms with Crippen molar-refractivity contribution in [3.8, 4) is 0 Å². The summed E-state index contributed by atoms with van der Waals surface area (Å²) in [5.41, 5.74) is 0. The summed E-state index contributed by atoms with van der Waals surface area (Å²) in [7, 11) is 0. The van der Waals surface area contributed by atoms with Crippen LogP contribution in [-0.2, 0) is 4.79 Å². The average molecular weight is 220 g/mol. The molecule has 16 heavy (non-hydrogen) atoms. The lowest BCUT2D eigenvalue weighted by molar-refractivity contribution is -0.135. The van der Waals surface area contributed by atoms with Gasteiger partial charge in [-0.25, -0.2) is 0 Å². The molecule has 1 fully saturated rings. The highest BCUT2D eigenvalue weighted by Crippen LogP contribution is 2.22. The molecule has 0 N–H and O–H groups in total. The fraction of sp³-hybridized carbons (Fsp3) is 0.667. The Bertz CT molecular complexity index is 337. The van der Waals surface area contributed by atoms with E-state index in [-0.39, 0.29) is 11.8 Å². The SMILES string of the molecule is CC(C)C(=O)N1CCC(n2c[c]cn2)CC1. The van der Waals surface area contributed by atoms with Crippen molar-refractivity contribution in [3.63, 3.8) is 0 Å². The zero-order valence-electron chi connectivity index (χ0n) is 9.89. The third kappa shape index (κ3) is 2.26. The second-order valence-electron chi connectivity index (χ2n) is 4.63. The van der Waals surface area contributed by atoms with Crippen LogP contribution in [0.2, 0.25) is 0 Å². The van der Waals surface area contributed by atoms with E-state index in [4.69, 9.17) is 0 Å². The first-order valence-electron chi connectivity index (χ1n) is 5.87. The smallest absolute Gasteiger partial charge is 0.225 e. The third-order valence-corrected chi connectivity index (χ3v) is 3.12. The number of nitrogens with zero attached hydrogens (tertiary/aromatic N) is 3. The largest absolute Gasteiger partial charge is 0.342 e. The summed E-state index contributed by atoms with van der Waals surface area (Å²) in [6.07, 6.45) is 5.55. The number of hydrogen-bond acceptors (Lipinski definition) is 2. The van der Waals surface area contributed by atoms with Gasteiger partial charge in [-0.1, -0.05) is 13.8 Å². The van der Waals surface area contributed by atoms with Crippen LogP contribution in [0.25, 0.3) is 0 Å². The van der Waals surface area contributed by atoms with Crippen molar-refractivity contribution >= 4 is 5.91 Å². The predicted molar refractivity (Wildman–Crippen MR) is 60.8 cm³/mol. The number of likely N-dealkylation sites (tertiary alicyclic amines) is 1. The number of aromatic nitrogens is 2. The first-order chi connectivity index (χ1) is 7.68. The van der Waals surface area contributed by atoms with E-state index in [2.05, 4.69) is 11.2 Å². The average Bonchev–Trinajstić information content (AvgIpc) is 2.81. The molecule has 1 radical (unpaired) electrons. The van der Waals surface area contributed by atoms with Gasteiger partial charge in [-0.15, -0.1) is 0 Å². The first kappa shape index (κ1) is 11.2. The molecule has 1 aromatic heterocycles. The Morgan fingerprint density at radius 3 is 2.62 bits per heavy atom. The van der Waals surface area contributed by atoms with Crippen molar-refractivity contribution in [3.05, 3.63) is 18.5 Å². The van der Waals surface area contributed by atoms with E-state index in [9.17, 15) is 4.79 Å². The van der Waals surface area contributed by atoms with Gasteiger partial charge in [0.2, 0.25) is 5.91 Å². The van der Waals surface area contributed by atoms with E-state index in [1.165, 1.54) is 0 Å². The number of amides is 1. The van der Waals surface area contributed by atoms with E-state index in [1.807, 2.05) is 29.6 Å². The van der Waals surface area contributed by atoms with E-state index in [0.717, 1.165) is 25.9 Å². The second-order valence-corrected chi connectivity index (χ2v) is 4.63. The molecule has 0 aliphatic carbocycles. The van der Waals surface area contributed by atoms with Gasteiger partial charge in [-0.05, 0) is 12.8 Å². The Hall–Kier alpha value is -1.32. The molecule has 0 aromatic carbocycles. The van der Waals surface area contributed by atoms with Crippen molar-refractivity contribution in [2.45, 2.75) is 32.7 Å². The quantitative estimate of drug-likeness (QED) is 0.757. The van der Waals surface area contributed by atoms with Crippen molar-refractivity contribution in [1.29, 1.82) is 0 Å². The van der Waals surface area contributed by atoms with Gasteiger partial charge in [0.15, 0.2) is 0 Å². The maximum atomic E-state index is 11.8. The molecule has 4 heteroatoms. The molecule has 0 bridgehead atoms. The summed E-state index contributed by atoms with van der Waals surface area (Å²) >= 11 is 0. The van der Waals surface area contributed by atoms with E-state index in [1.54, 1.807) is 6.20 Å². The minimum absolute atomic E-state index is 0.106. The molecule has 1 aliphatic rings. The van der Waals surface area contributed by atoms with Crippen LogP contribution in [0.15, 0.2) is 12.4 Å². The fourth-order valence-corrected chi connectivity index (χ4v) is 2.16. The van der Waals surface area contributed by atoms with E-state index in [0.29, 0.717) is 6.04 Å². The minimum Gasteiger partial charge on any atom is -0.342 e. The Labute approximate surface area is 96.2 Å². The number of carbonyl (C=O) groups is 1. The van der Waals surface area contributed by atoms with E-state index >= 15 is 0 Å².